The number of hydrogen-bond acceptors (Lipinski definition) is 4. The lowest BCUT2D eigenvalue weighted by Crippen LogP contribution is -2.31. The van der Waals surface area contributed by atoms with E-state index in [9.17, 15) is 13.6 Å². The standard InChI is InChI=1S/C14H20F2N2O3.ClH/c1-9(17)7-13(19)18-6-5-10-3-4-11(20-2)12(8-10)21-14(15)16;/h3-4,8-9,14H,5-7,17H2,1-2H3,(H,18,19);1H. The molecule has 0 aliphatic carbocycles. The van der Waals surface area contributed by atoms with E-state index < -0.39 is 6.61 Å². The van der Waals surface area contributed by atoms with E-state index in [2.05, 4.69) is 10.1 Å². The molecule has 1 unspecified atom stereocenters. The van der Waals surface area contributed by atoms with Gasteiger partial charge in [-0.1, -0.05) is 6.07 Å². The van der Waals surface area contributed by atoms with Gasteiger partial charge in [0, 0.05) is 19.0 Å². The fourth-order valence-corrected chi connectivity index (χ4v) is 1.78. The molecule has 0 saturated heterocycles. The first-order valence-corrected chi connectivity index (χ1v) is 6.56. The van der Waals surface area contributed by atoms with Crippen LogP contribution in [0.25, 0.3) is 0 Å². The summed E-state index contributed by atoms with van der Waals surface area (Å²) in [7, 11) is 1.38. The van der Waals surface area contributed by atoms with E-state index in [-0.39, 0.29) is 42.3 Å². The summed E-state index contributed by atoms with van der Waals surface area (Å²) in [4.78, 5) is 11.4. The first kappa shape index (κ1) is 20.4. The Hall–Kier alpha value is -1.60. The highest BCUT2D eigenvalue weighted by molar-refractivity contribution is 5.85. The lowest BCUT2D eigenvalue weighted by Gasteiger charge is -2.12. The van der Waals surface area contributed by atoms with Crippen LogP contribution in [0.3, 0.4) is 0 Å². The molecule has 0 fully saturated rings. The van der Waals surface area contributed by atoms with Gasteiger partial charge in [0.25, 0.3) is 0 Å². The van der Waals surface area contributed by atoms with Crippen LogP contribution in [0.15, 0.2) is 18.2 Å². The van der Waals surface area contributed by atoms with Crippen molar-refractivity contribution in [2.24, 2.45) is 5.73 Å². The molecule has 0 heterocycles. The maximum absolute atomic E-state index is 12.3. The number of rotatable bonds is 8. The minimum absolute atomic E-state index is 0. The molecule has 8 heteroatoms. The van der Waals surface area contributed by atoms with Crippen LogP contribution < -0.4 is 20.5 Å². The number of ether oxygens (including phenoxy) is 2. The Labute approximate surface area is 134 Å². The second-order valence-electron chi connectivity index (χ2n) is 4.65. The Morgan fingerprint density at radius 2 is 2.05 bits per heavy atom. The molecule has 0 radical (unpaired) electrons. The SMILES string of the molecule is COc1ccc(CCNC(=O)CC(C)N)cc1OC(F)F.Cl. The van der Waals surface area contributed by atoms with E-state index in [1.807, 2.05) is 0 Å². The van der Waals surface area contributed by atoms with E-state index >= 15 is 0 Å². The average Bonchev–Trinajstić information content (AvgIpc) is 2.37. The van der Waals surface area contributed by atoms with Crippen LogP contribution in [0.1, 0.15) is 18.9 Å². The third kappa shape index (κ3) is 7.42. The number of alkyl halides is 2. The zero-order valence-corrected chi connectivity index (χ0v) is 13.3. The Morgan fingerprint density at radius 3 is 2.59 bits per heavy atom. The third-order valence-corrected chi connectivity index (χ3v) is 2.69. The Kier molecular flexibility index (Phi) is 9.44. The predicted octanol–water partition coefficient (Wildman–Crippen LogP) is 2.11. The van der Waals surface area contributed by atoms with Crippen LogP contribution in [0.4, 0.5) is 8.78 Å². The van der Waals surface area contributed by atoms with E-state index in [0.717, 1.165) is 5.56 Å². The summed E-state index contributed by atoms with van der Waals surface area (Å²) in [5, 5.41) is 2.71. The van der Waals surface area contributed by atoms with Crippen molar-refractivity contribution in [2.45, 2.75) is 32.4 Å². The third-order valence-electron chi connectivity index (χ3n) is 2.69. The lowest BCUT2D eigenvalue weighted by atomic mass is 10.1. The van der Waals surface area contributed by atoms with E-state index in [1.54, 1.807) is 19.1 Å². The van der Waals surface area contributed by atoms with Gasteiger partial charge < -0.3 is 20.5 Å². The molecule has 1 aromatic carbocycles. The van der Waals surface area contributed by atoms with Gasteiger partial charge in [0.15, 0.2) is 11.5 Å². The predicted molar refractivity (Wildman–Crippen MR) is 81.9 cm³/mol. The highest BCUT2D eigenvalue weighted by Crippen LogP contribution is 2.29. The maximum atomic E-state index is 12.3. The van der Waals surface area contributed by atoms with Crippen molar-refractivity contribution in [1.29, 1.82) is 0 Å². The van der Waals surface area contributed by atoms with Crippen molar-refractivity contribution < 1.29 is 23.0 Å². The number of carbonyl (C=O) groups is 1. The molecule has 0 saturated carbocycles. The molecule has 5 nitrogen and oxygen atoms in total. The van der Waals surface area contributed by atoms with Gasteiger partial charge >= 0.3 is 6.61 Å². The molecule has 1 rings (SSSR count). The first-order valence-electron chi connectivity index (χ1n) is 6.56. The molecular formula is C14H21ClF2N2O3. The van der Waals surface area contributed by atoms with Crippen molar-refractivity contribution in [3.8, 4) is 11.5 Å². The van der Waals surface area contributed by atoms with Gasteiger partial charge in [0.1, 0.15) is 0 Å². The fourth-order valence-electron chi connectivity index (χ4n) is 1.78. The van der Waals surface area contributed by atoms with Gasteiger partial charge in [0.2, 0.25) is 5.91 Å². The van der Waals surface area contributed by atoms with Gasteiger partial charge in [-0.2, -0.15) is 8.78 Å². The highest BCUT2D eigenvalue weighted by atomic mass is 35.5. The van der Waals surface area contributed by atoms with Crippen LogP contribution in [0, 0.1) is 0 Å². The van der Waals surface area contributed by atoms with Crippen LogP contribution in [-0.2, 0) is 11.2 Å². The summed E-state index contributed by atoms with van der Waals surface area (Å²) in [5.41, 5.74) is 6.27. The minimum atomic E-state index is -2.92. The molecule has 1 aromatic rings. The molecule has 1 atom stereocenters. The number of nitrogens with two attached hydrogens (primary N) is 1. The number of benzene rings is 1. The minimum Gasteiger partial charge on any atom is -0.493 e. The van der Waals surface area contributed by atoms with Crippen LogP contribution in [0.5, 0.6) is 11.5 Å². The second kappa shape index (κ2) is 10.2. The van der Waals surface area contributed by atoms with Crippen molar-refractivity contribution in [3.63, 3.8) is 0 Å². The molecule has 3 N–H and O–H groups in total. The quantitative estimate of drug-likeness (QED) is 0.761. The maximum Gasteiger partial charge on any atom is 0.387 e. The van der Waals surface area contributed by atoms with Crippen LogP contribution >= 0.6 is 12.4 Å². The van der Waals surface area contributed by atoms with E-state index in [1.165, 1.54) is 13.2 Å². The summed E-state index contributed by atoms with van der Waals surface area (Å²) >= 11 is 0. The number of hydrogen-bond donors (Lipinski definition) is 2. The molecule has 0 aliphatic heterocycles. The summed E-state index contributed by atoms with van der Waals surface area (Å²) in [6.45, 7) is -0.775. The van der Waals surface area contributed by atoms with Crippen molar-refractivity contribution in [2.75, 3.05) is 13.7 Å². The Morgan fingerprint density at radius 1 is 1.36 bits per heavy atom. The molecule has 1 amide bonds. The van der Waals surface area contributed by atoms with E-state index in [0.29, 0.717) is 13.0 Å². The summed E-state index contributed by atoms with van der Waals surface area (Å²) in [6.07, 6.45) is 0.747. The highest BCUT2D eigenvalue weighted by Gasteiger charge is 2.11. The zero-order valence-electron chi connectivity index (χ0n) is 12.5. The number of methoxy groups -OCH3 is 1. The second-order valence-corrected chi connectivity index (χ2v) is 4.65. The van der Waals surface area contributed by atoms with Gasteiger partial charge in [-0.3, -0.25) is 4.79 Å². The Balaban J connectivity index is 0.00000441. The van der Waals surface area contributed by atoms with Crippen LogP contribution in [0.2, 0.25) is 0 Å². The largest absolute Gasteiger partial charge is 0.493 e. The normalized spacial score (nSPS) is 11.5. The van der Waals surface area contributed by atoms with Crippen molar-refractivity contribution >= 4 is 18.3 Å². The van der Waals surface area contributed by atoms with Gasteiger partial charge in [-0.05, 0) is 31.0 Å². The number of carbonyl (C=O) groups excluding carboxylic acids is 1. The Bertz CT molecular complexity index is 473. The van der Waals surface area contributed by atoms with Crippen LogP contribution in [-0.4, -0.2) is 32.2 Å². The number of nitrogens with one attached hydrogen (secondary N) is 1. The van der Waals surface area contributed by atoms with Gasteiger partial charge in [-0.15, -0.1) is 12.4 Å². The smallest absolute Gasteiger partial charge is 0.387 e. The van der Waals surface area contributed by atoms with Gasteiger partial charge in [0.05, 0.1) is 7.11 Å². The molecule has 0 aliphatic rings. The monoisotopic (exact) mass is 338 g/mol. The molecule has 0 aromatic heterocycles. The van der Waals surface area contributed by atoms with Crippen molar-refractivity contribution in [1.82, 2.24) is 5.32 Å². The average molecular weight is 339 g/mol. The summed E-state index contributed by atoms with van der Waals surface area (Å²) in [6, 6.07) is 4.56. The number of amides is 1. The summed E-state index contributed by atoms with van der Waals surface area (Å²) in [5.74, 6) is 0.0783. The topological polar surface area (TPSA) is 73.6 Å². The van der Waals surface area contributed by atoms with E-state index in [4.69, 9.17) is 10.5 Å². The molecular weight excluding hydrogens is 318 g/mol. The summed E-state index contributed by atoms with van der Waals surface area (Å²) < 4.78 is 33.9. The van der Waals surface area contributed by atoms with Gasteiger partial charge in [-0.25, -0.2) is 0 Å². The van der Waals surface area contributed by atoms with Crippen molar-refractivity contribution in [3.05, 3.63) is 23.8 Å². The fraction of sp³-hybridized carbons (Fsp3) is 0.500. The lowest BCUT2D eigenvalue weighted by molar-refractivity contribution is -0.121. The molecule has 0 bridgehead atoms. The zero-order chi connectivity index (χ0) is 15.8. The molecule has 0 spiro atoms. The number of halogens is 3. The molecule has 22 heavy (non-hydrogen) atoms. The first-order chi connectivity index (χ1) is 9.92. The molecule has 126 valence electrons.